The Kier molecular flexibility index (Phi) is 6.44. The van der Waals surface area contributed by atoms with Crippen LogP contribution in [-0.2, 0) is 4.74 Å². The van der Waals surface area contributed by atoms with Crippen LogP contribution in [0, 0.1) is 0 Å². The standard InChI is InChI=1S/C26H30N4O3/c31-23-8-6-22(7-9-23)28-10-12-30(13-11-28)26(32)21-18-24(20-4-2-1-3-5-20)27-25(19-21)29-14-16-33-17-15-29/h1-9,18-19,26,31-32H,10-17H2. The number of benzene rings is 2. The number of hydrogen-bond donors (Lipinski definition) is 2. The molecule has 0 radical (unpaired) electrons. The third-order valence-corrected chi connectivity index (χ3v) is 6.41. The minimum absolute atomic E-state index is 0.274. The molecule has 0 amide bonds. The van der Waals surface area contributed by atoms with Crippen LogP contribution in [0.15, 0.2) is 66.7 Å². The van der Waals surface area contributed by atoms with Crippen molar-refractivity contribution in [2.24, 2.45) is 0 Å². The predicted octanol–water partition coefficient (Wildman–Crippen LogP) is 3.10. The molecule has 3 heterocycles. The van der Waals surface area contributed by atoms with Crippen LogP contribution < -0.4 is 9.80 Å². The number of hydrogen-bond acceptors (Lipinski definition) is 7. The highest BCUT2D eigenvalue weighted by Crippen LogP contribution is 2.29. The summed E-state index contributed by atoms with van der Waals surface area (Å²) in [5, 5.41) is 20.9. The van der Waals surface area contributed by atoms with Gasteiger partial charge in [-0.2, -0.15) is 0 Å². The fraction of sp³-hybridized carbons (Fsp3) is 0.346. The lowest BCUT2D eigenvalue weighted by molar-refractivity contribution is -0.00162. The highest BCUT2D eigenvalue weighted by atomic mass is 16.5. The number of anilines is 2. The Morgan fingerprint density at radius 2 is 1.48 bits per heavy atom. The summed E-state index contributed by atoms with van der Waals surface area (Å²) in [7, 11) is 0. The molecule has 2 fully saturated rings. The average Bonchev–Trinajstić information content (AvgIpc) is 2.89. The Balaban J connectivity index is 1.36. The van der Waals surface area contributed by atoms with Gasteiger partial charge >= 0.3 is 0 Å². The fourth-order valence-electron chi connectivity index (χ4n) is 4.50. The molecule has 1 unspecified atom stereocenters. The Morgan fingerprint density at radius 3 is 2.18 bits per heavy atom. The van der Waals surface area contributed by atoms with E-state index in [2.05, 4.69) is 26.8 Å². The number of morpholine rings is 1. The van der Waals surface area contributed by atoms with Gasteiger partial charge in [-0.3, -0.25) is 4.90 Å². The zero-order valence-electron chi connectivity index (χ0n) is 18.7. The molecular formula is C26H30N4O3. The van der Waals surface area contributed by atoms with Crippen molar-refractivity contribution in [2.45, 2.75) is 6.23 Å². The second-order valence-electron chi connectivity index (χ2n) is 8.52. The minimum atomic E-state index is -0.697. The van der Waals surface area contributed by atoms with Crippen LogP contribution in [0.1, 0.15) is 11.8 Å². The first-order chi connectivity index (χ1) is 16.2. The van der Waals surface area contributed by atoms with Gasteiger partial charge in [0.25, 0.3) is 0 Å². The molecule has 2 aliphatic heterocycles. The van der Waals surface area contributed by atoms with Crippen molar-refractivity contribution in [3.05, 3.63) is 72.3 Å². The highest BCUT2D eigenvalue weighted by Gasteiger charge is 2.25. The summed E-state index contributed by atoms with van der Waals surface area (Å²) < 4.78 is 5.52. The maximum Gasteiger partial charge on any atom is 0.133 e. The van der Waals surface area contributed by atoms with Crippen molar-refractivity contribution in [1.29, 1.82) is 0 Å². The zero-order valence-corrected chi connectivity index (χ0v) is 18.7. The van der Waals surface area contributed by atoms with Crippen LogP contribution in [0.25, 0.3) is 11.3 Å². The third kappa shape index (κ3) is 4.95. The summed E-state index contributed by atoms with van der Waals surface area (Å²) in [6.07, 6.45) is -0.697. The van der Waals surface area contributed by atoms with E-state index in [1.807, 2.05) is 42.5 Å². The number of nitrogens with zero attached hydrogens (tertiary/aromatic N) is 4. The molecule has 0 aliphatic carbocycles. The van der Waals surface area contributed by atoms with Crippen LogP contribution in [0.2, 0.25) is 0 Å². The Hall–Kier alpha value is -3.13. The Morgan fingerprint density at radius 1 is 0.788 bits per heavy atom. The molecule has 33 heavy (non-hydrogen) atoms. The average molecular weight is 447 g/mol. The van der Waals surface area contributed by atoms with Gasteiger partial charge in [0.05, 0.1) is 18.9 Å². The van der Waals surface area contributed by atoms with Gasteiger partial charge in [-0.15, -0.1) is 0 Å². The van der Waals surface area contributed by atoms with Gasteiger partial charge in [-0.1, -0.05) is 30.3 Å². The number of aromatic hydroxyl groups is 1. The van der Waals surface area contributed by atoms with Gasteiger partial charge in [-0.25, -0.2) is 4.98 Å². The van der Waals surface area contributed by atoms with Crippen LogP contribution in [0.4, 0.5) is 11.5 Å². The van der Waals surface area contributed by atoms with E-state index in [9.17, 15) is 10.2 Å². The topological polar surface area (TPSA) is 72.3 Å². The number of phenolic OH excluding ortho intramolecular Hbond substituents is 1. The van der Waals surface area contributed by atoms with Gasteiger partial charge in [0.1, 0.15) is 17.8 Å². The predicted molar refractivity (Wildman–Crippen MR) is 130 cm³/mol. The number of piperazine rings is 1. The molecule has 1 atom stereocenters. The van der Waals surface area contributed by atoms with Gasteiger partial charge in [0.15, 0.2) is 0 Å². The summed E-state index contributed by atoms with van der Waals surface area (Å²) in [6.45, 7) is 6.10. The van der Waals surface area contributed by atoms with Crippen LogP contribution in [0.3, 0.4) is 0 Å². The SMILES string of the molecule is Oc1ccc(N2CCN(C(O)c3cc(-c4ccccc4)nc(N4CCOCC4)c3)CC2)cc1. The van der Waals surface area contributed by atoms with E-state index in [0.29, 0.717) is 13.2 Å². The number of aliphatic hydroxyl groups is 1. The number of pyridine rings is 1. The molecular weight excluding hydrogens is 416 g/mol. The smallest absolute Gasteiger partial charge is 0.133 e. The first-order valence-corrected chi connectivity index (χ1v) is 11.5. The van der Waals surface area contributed by atoms with Crippen LogP contribution in [0.5, 0.6) is 5.75 Å². The number of phenols is 1. The second kappa shape index (κ2) is 9.79. The first kappa shape index (κ1) is 21.7. The van der Waals surface area contributed by atoms with E-state index in [4.69, 9.17) is 9.72 Å². The van der Waals surface area contributed by atoms with Crippen molar-refractivity contribution < 1.29 is 14.9 Å². The molecule has 0 spiro atoms. The van der Waals surface area contributed by atoms with E-state index >= 15 is 0 Å². The minimum Gasteiger partial charge on any atom is -0.508 e. The number of aromatic nitrogens is 1. The van der Waals surface area contributed by atoms with E-state index in [1.54, 1.807) is 12.1 Å². The lowest BCUT2D eigenvalue weighted by atomic mass is 10.1. The monoisotopic (exact) mass is 446 g/mol. The molecule has 2 aliphatic rings. The van der Waals surface area contributed by atoms with E-state index in [-0.39, 0.29) is 5.75 Å². The fourth-order valence-corrected chi connectivity index (χ4v) is 4.50. The Bertz CT molecular complexity index is 1050. The molecule has 5 rings (SSSR count). The molecule has 7 nitrogen and oxygen atoms in total. The summed E-state index contributed by atoms with van der Waals surface area (Å²) in [5.41, 5.74) is 3.87. The highest BCUT2D eigenvalue weighted by molar-refractivity contribution is 5.63. The quantitative estimate of drug-likeness (QED) is 0.624. The van der Waals surface area contributed by atoms with Crippen molar-refractivity contribution in [1.82, 2.24) is 9.88 Å². The van der Waals surface area contributed by atoms with E-state index in [1.165, 1.54) is 0 Å². The summed E-state index contributed by atoms with van der Waals surface area (Å²) >= 11 is 0. The Labute approximate surface area is 194 Å². The zero-order chi connectivity index (χ0) is 22.6. The van der Waals surface area contributed by atoms with Crippen molar-refractivity contribution in [3.63, 3.8) is 0 Å². The molecule has 2 N–H and O–H groups in total. The molecule has 2 aromatic carbocycles. The largest absolute Gasteiger partial charge is 0.508 e. The van der Waals surface area contributed by atoms with Crippen LogP contribution in [-0.4, -0.2) is 72.6 Å². The van der Waals surface area contributed by atoms with Crippen molar-refractivity contribution in [3.8, 4) is 17.0 Å². The van der Waals surface area contributed by atoms with Gasteiger partial charge in [-0.05, 0) is 36.4 Å². The summed E-state index contributed by atoms with van der Waals surface area (Å²) in [6, 6.07) is 21.5. The summed E-state index contributed by atoms with van der Waals surface area (Å²) in [5.74, 6) is 1.16. The lowest BCUT2D eigenvalue weighted by Crippen LogP contribution is -2.47. The lowest BCUT2D eigenvalue weighted by Gasteiger charge is -2.38. The molecule has 0 bridgehead atoms. The van der Waals surface area contributed by atoms with E-state index in [0.717, 1.165) is 67.6 Å². The molecule has 2 saturated heterocycles. The third-order valence-electron chi connectivity index (χ3n) is 6.41. The number of rotatable bonds is 5. The van der Waals surface area contributed by atoms with Gasteiger partial charge in [0.2, 0.25) is 0 Å². The number of ether oxygens (including phenoxy) is 1. The van der Waals surface area contributed by atoms with Crippen LogP contribution >= 0.6 is 0 Å². The number of aliphatic hydroxyl groups excluding tert-OH is 1. The molecule has 0 saturated carbocycles. The summed E-state index contributed by atoms with van der Waals surface area (Å²) in [4.78, 5) is 11.6. The maximum atomic E-state index is 11.3. The molecule has 172 valence electrons. The van der Waals surface area contributed by atoms with Crippen molar-refractivity contribution in [2.75, 3.05) is 62.3 Å². The normalized spacial score (nSPS) is 18.3. The first-order valence-electron chi connectivity index (χ1n) is 11.5. The molecule has 3 aromatic rings. The molecule has 7 heteroatoms. The maximum absolute atomic E-state index is 11.3. The molecule has 1 aromatic heterocycles. The second-order valence-corrected chi connectivity index (χ2v) is 8.52. The van der Waals surface area contributed by atoms with Gasteiger partial charge in [0, 0.05) is 56.1 Å². The van der Waals surface area contributed by atoms with E-state index < -0.39 is 6.23 Å². The van der Waals surface area contributed by atoms with Crippen molar-refractivity contribution >= 4 is 11.5 Å². The van der Waals surface area contributed by atoms with Gasteiger partial charge < -0.3 is 24.7 Å².